The lowest BCUT2D eigenvalue weighted by Gasteiger charge is -2.14. The highest BCUT2D eigenvalue weighted by Gasteiger charge is 2.13. The third kappa shape index (κ3) is 2.18. The van der Waals surface area contributed by atoms with E-state index < -0.39 is 0 Å². The fourth-order valence-corrected chi connectivity index (χ4v) is 3.49. The van der Waals surface area contributed by atoms with E-state index in [1.807, 2.05) is 30.5 Å². The average Bonchev–Trinajstić information content (AvgIpc) is 2.57. The molecule has 0 aliphatic carbocycles. The second-order valence-electron chi connectivity index (χ2n) is 6.41. The molecule has 0 radical (unpaired) electrons. The van der Waals surface area contributed by atoms with Gasteiger partial charge in [0.05, 0.1) is 5.69 Å². The summed E-state index contributed by atoms with van der Waals surface area (Å²) >= 11 is 0. The molecule has 0 N–H and O–H groups in total. The molecule has 4 aromatic rings. The van der Waals surface area contributed by atoms with Gasteiger partial charge >= 0.3 is 0 Å². The van der Waals surface area contributed by atoms with Crippen molar-refractivity contribution in [2.24, 2.45) is 0 Å². The smallest absolute Gasteiger partial charge is 0.131 e. The van der Waals surface area contributed by atoms with Crippen LogP contribution >= 0.6 is 0 Å². The van der Waals surface area contributed by atoms with Crippen LogP contribution in [-0.4, -0.2) is 4.98 Å². The SMILES string of the molecule is Cc1cc(C)c(C)c(-c2nccc3ccc4c(F)cccc4c23)c1. The highest BCUT2D eigenvalue weighted by Crippen LogP contribution is 2.36. The molecule has 0 spiro atoms. The summed E-state index contributed by atoms with van der Waals surface area (Å²) in [4.78, 5) is 4.68. The molecule has 1 heterocycles. The van der Waals surface area contributed by atoms with Gasteiger partial charge < -0.3 is 0 Å². The van der Waals surface area contributed by atoms with E-state index in [2.05, 4.69) is 37.9 Å². The maximum Gasteiger partial charge on any atom is 0.131 e. The van der Waals surface area contributed by atoms with Gasteiger partial charge in [0.2, 0.25) is 0 Å². The molecule has 0 fully saturated rings. The standard InChI is InChI=1S/C22H18FN/c1-13-11-14(2)15(3)19(12-13)22-21-16(9-10-24-22)7-8-17-18(21)5-4-6-20(17)23/h4-12H,1-3H3. The number of rotatable bonds is 1. The van der Waals surface area contributed by atoms with Gasteiger partial charge in [-0.15, -0.1) is 0 Å². The third-order valence-electron chi connectivity index (χ3n) is 4.80. The lowest BCUT2D eigenvalue weighted by Crippen LogP contribution is -1.94. The Morgan fingerprint density at radius 1 is 0.875 bits per heavy atom. The average molecular weight is 315 g/mol. The molecule has 2 heteroatoms. The molecule has 1 aromatic heterocycles. The Kier molecular flexibility index (Phi) is 3.34. The number of hydrogen-bond donors (Lipinski definition) is 0. The van der Waals surface area contributed by atoms with E-state index in [-0.39, 0.29) is 5.82 Å². The molecule has 0 saturated heterocycles. The Morgan fingerprint density at radius 2 is 1.71 bits per heavy atom. The zero-order valence-corrected chi connectivity index (χ0v) is 14.0. The molecule has 0 saturated carbocycles. The van der Waals surface area contributed by atoms with E-state index in [0.29, 0.717) is 5.39 Å². The van der Waals surface area contributed by atoms with Crippen molar-refractivity contribution in [3.8, 4) is 11.3 Å². The first kappa shape index (κ1) is 14.8. The third-order valence-corrected chi connectivity index (χ3v) is 4.80. The van der Waals surface area contributed by atoms with E-state index in [1.165, 1.54) is 22.8 Å². The van der Waals surface area contributed by atoms with Crippen LogP contribution in [0.5, 0.6) is 0 Å². The molecule has 0 atom stereocenters. The van der Waals surface area contributed by atoms with E-state index >= 15 is 0 Å². The van der Waals surface area contributed by atoms with Gasteiger partial charge in [-0.2, -0.15) is 0 Å². The van der Waals surface area contributed by atoms with Crippen molar-refractivity contribution in [3.05, 3.63) is 77.2 Å². The zero-order chi connectivity index (χ0) is 16.8. The summed E-state index contributed by atoms with van der Waals surface area (Å²) in [6.07, 6.45) is 1.83. The molecule has 118 valence electrons. The summed E-state index contributed by atoms with van der Waals surface area (Å²) in [7, 11) is 0. The van der Waals surface area contributed by atoms with Crippen LogP contribution in [0.2, 0.25) is 0 Å². The number of aryl methyl sites for hydroxylation is 2. The molecule has 0 bridgehead atoms. The fraction of sp³-hybridized carbons (Fsp3) is 0.136. The van der Waals surface area contributed by atoms with Gasteiger partial charge in [-0.1, -0.05) is 35.9 Å². The van der Waals surface area contributed by atoms with Crippen LogP contribution in [0.15, 0.2) is 54.7 Å². The minimum atomic E-state index is -0.193. The largest absolute Gasteiger partial charge is 0.256 e. The number of nitrogens with zero attached hydrogens (tertiary/aromatic N) is 1. The minimum absolute atomic E-state index is 0.193. The number of halogens is 1. The van der Waals surface area contributed by atoms with Crippen molar-refractivity contribution in [2.45, 2.75) is 20.8 Å². The number of fused-ring (bicyclic) bond motifs is 3. The monoisotopic (exact) mass is 315 g/mol. The molecule has 0 amide bonds. The molecule has 4 rings (SSSR count). The number of pyridine rings is 1. The van der Waals surface area contributed by atoms with E-state index in [1.54, 1.807) is 6.07 Å². The number of benzene rings is 3. The fourth-order valence-electron chi connectivity index (χ4n) is 3.49. The molecule has 1 nitrogen and oxygen atoms in total. The predicted octanol–water partition coefficient (Wildman–Crippen LogP) is 6.12. The van der Waals surface area contributed by atoms with Gasteiger partial charge in [-0.3, -0.25) is 4.98 Å². The Hall–Kier alpha value is -2.74. The van der Waals surface area contributed by atoms with Gasteiger partial charge in [0, 0.05) is 22.5 Å². The summed E-state index contributed by atoms with van der Waals surface area (Å²) < 4.78 is 14.2. The molecule has 3 aromatic carbocycles. The van der Waals surface area contributed by atoms with Crippen LogP contribution in [0.3, 0.4) is 0 Å². The molecular weight excluding hydrogens is 297 g/mol. The Morgan fingerprint density at radius 3 is 2.54 bits per heavy atom. The molecular formula is C22H18FN. The van der Waals surface area contributed by atoms with Crippen molar-refractivity contribution in [3.63, 3.8) is 0 Å². The van der Waals surface area contributed by atoms with E-state index in [9.17, 15) is 4.39 Å². The molecule has 24 heavy (non-hydrogen) atoms. The van der Waals surface area contributed by atoms with Gasteiger partial charge in [-0.25, -0.2) is 4.39 Å². The summed E-state index contributed by atoms with van der Waals surface area (Å²) in [5, 5.41) is 3.65. The Labute approximate surface area is 140 Å². The Bertz CT molecular complexity index is 1100. The second kappa shape index (κ2) is 5.41. The van der Waals surface area contributed by atoms with Crippen LogP contribution in [0.25, 0.3) is 32.8 Å². The van der Waals surface area contributed by atoms with Crippen LogP contribution < -0.4 is 0 Å². The first-order chi connectivity index (χ1) is 11.6. The number of hydrogen-bond acceptors (Lipinski definition) is 1. The van der Waals surface area contributed by atoms with Crippen molar-refractivity contribution in [2.75, 3.05) is 0 Å². The van der Waals surface area contributed by atoms with Crippen LogP contribution in [0, 0.1) is 26.6 Å². The van der Waals surface area contributed by atoms with E-state index in [0.717, 1.165) is 27.4 Å². The topological polar surface area (TPSA) is 12.9 Å². The van der Waals surface area contributed by atoms with Gasteiger partial charge in [-0.05, 0) is 60.9 Å². The lowest BCUT2D eigenvalue weighted by molar-refractivity contribution is 0.640. The quantitative estimate of drug-likeness (QED) is 0.386. The van der Waals surface area contributed by atoms with Crippen LogP contribution in [0.4, 0.5) is 4.39 Å². The second-order valence-corrected chi connectivity index (χ2v) is 6.41. The maximum absolute atomic E-state index is 14.2. The Balaban J connectivity index is 2.20. The van der Waals surface area contributed by atoms with Crippen molar-refractivity contribution < 1.29 is 4.39 Å². The minimum Gasteiger partial charge on any atom is -0.256 e. The van der Waals surface area contributed by atoms with Crippen molar-refractivity contribution >= 4 is 21.5 Å². The first-order valence-corrected chi connectivity index (χ1v) is 8.10. The van der Waals surface area contributed by atoms with E-state index in [4.69, 9.17) is 0 Å². The highest BCUT2D eigenvalue weighted by molar-refractivity contribution is 6.13. The van der Waals surface area contributed by atoms with Gasteiger partial charge in [0.25, 0.3) is 0 Å². The van der Waals surface area contributed by atoms with Crippen molar-refractivity contribution in [1.29, 1.82) is 0 Å². The summed E-state index contributed by atoms with van der Waals surface area (Å²) in [6, 6.07) is 15.4. The van der Waals surface area contributed by atoms with Gasteiger partial charge in [0.15, 0.2) is 0 Å². The molecule has 0 unspecified atom stereocenters. The van der Waals surface area contributed by atoms with Crippen LogP contribution in [0.1, 0.15) is 16.7 Å². The maximum atomic E-state index is 14.2. The summed E-state index contributed by atoms with van der Waals surface area (Å²) in [6.45, 7) is 6.34. The molecule has 0 aliphatic rings. The van der Waals surface area contributed by atoms with Gasteiger partial charge in [0.1, 0.15) is 5.82 Å². The zero-order valence-electron chi connectivity index (χ0n) is 14.0. The normalized spacial score (nSPS) is 11.3. The van der Waals surface area contributed by atoms with Crippen LogP contribution in [-0.2, 0) is 0 Å². The molecule has 0 aliphatic heterocycles. The predicted molar refractivity (Wildman–Crippen MR) is 98.9 cm³/mol. The van der Waals surface area contributed by atoms with Crippen molar-refractivity contribution in [1.82, 2.24) is 4.98 Å². The highest BCUT2D eigenvalue weighted by atomic mass is 19.1. The first-order valence-electron chi connectivity index (χ1n) is 8.10. The lowest BCUT2D eigenvalue weighted by atomic mass is 9.93. The summed E-state index contributed by atoms with van der Waals surface area (Å²) in [5.41, 5.74) is 5.71. The summed E-state index contributed by atoms with van der Waals surface area (Å²) in [5.74, 6) is -0.193. The number of aromatic nitrogens is 1.